The van der Waals surface area contributed by atoms with Crippen LogP contribution >= 0.6 is 12.2 Å². The van der Waals surface area contributed by atoms with Crippen molar-refractivity contribution in [1.29, 1.82) is 0 Å². The lowest BCUT2D eigenvalue weighted by Gasteiger charge is -2.20. The maximum absolute atomic E-state index is 5.65. The molecular weight excluding hydrogens is 258 g/mol. The second-order valence-corrected chi connectivity index (χ2v) is 4.47. The predicted molar refractivity (Wildman–Crippen MR) is 81.2 cm³/mol. The number of rotatable bonds is 4. The fourth-order valence-corrected chi connectivity index (χ4v) is 1.86. The van der Waals surface area contributed by atoms with Gasteiger partial charge in [0.2, 0.25) is 5.88 Å². The van der Waals surface area contributed by atoms with Gasteiger partial charge in [0.15, 0.2) is 0 Å². The summed E-state index contributed by atoms with van der Waals surface area (Å²) in [7, 11) is 3.56. The molecule has 0 aliphatic heterocycles. The van der Waals surface area contributed by atoms with Crippen LogP contribution in [0.2, 0.25) is 0 Å². The summed E-state index contributed by atoms with van der Waals surface area (Å²) in [5.74, 6) is 0.579. The molecule has 0 spiro atoms. The van der Waals surface area contributed by atoms with Crippen LogP contribution in [0.3, 0.4) is 0 Å². The van der Waals surface area contributed by atoms with Crippen LogP contribution in [0.25, 0.3) is 0 Å². The highest BCUT2D eigenvalue weighted by Crippen LogP contribution is 2.26. The highest BCUT2D eigenvalue weighted by Gasteiger charge is 2.07. The molecule has 2 aromatic rings. The summed E-state index contributed by atoms with van der Waals surface area (Å²) in [4.78, 5) is 6.50. The molecule has 0 aliphatic rings. The Labute approximate surface area is 117 Å². The summed E-state index contributed by atoms with van der Waals surface area (Å²) in [6.45, 7) is 0. The summed E-state index contributed by atoms with van der Waals surface area (Å²) in [5.41, 5.74) is 8.47. The van der Waals surface area contributed by atoms with Gasteiger partial charge in [-0.1, -0.05) is 24.4 Å². The highest BCUT2D eigenvalue weighted by molar-refractivity contribution is 7.80. The molecule has 1 aromatic carbocycles. The maximum Gasteiger partial charge on any atom is 0.214 e. The van der Waals surface area contributed by atoms with Gasteiger partial charge >= 0.3 is 0 Å². The molecule has 0 aliphatic carbocycles. The van der Waals surface area contributed by atoms with Crippen molar-refractivity contribution in [2.45, 2.75) is 0 Å². The van der Waals surface area contributed by atoms with E-state index in [0.29, 0.717) is 10.9 Å². The van der Waals surface area contributed by atoms with Crippen molar-refractivity contribution in [1.82, 2.24) is 4.98 Å². The first kappa shape index (κ1) is 13.3. The van der Waals surface area contributed by atoms with E-state index in [1.165, 1.54) is 0 Å². The van der Waals surface area contributed by atoms with Crippen LogP contribution in [0.1, 0.15) is 5.56 Å². The lowest BCUT2D eigenvalue weighted by atomic mass is 10.2. The Morgan fingerprint density at radius 3 is 2.68 bits per heavy atom. The zero-order chi connectivity index (χ0) is 13.8. The number of nitrogens with two attached hydrogens (primary N) is 1. The standard InChI is InChI=1S/C14H15N3OS/c1-17(12-6-7-16-13(9-12)18-2)11-5-3-4-10(8-11)14(15)19/h3-9H,1-2H3,(H2,15,19). The molecule has 0 saturated heterocycles. The number of pyridine rings is 1. The van der Waals surface area contributed by atoms with Gasteiger partial charge in [-0.3, -0.25) is 0 Å². The smallest absolute Gasteiger partial charge is 0.214 e. The van der Waals surface area contributed by atoms with E-state index in [9.17, 15) is 0 Å². The van der Waals surface area contributed by atoms with Gasteiger partial charge < -0.3 is 15.4 Å². The Balaban J connectivity index is 2.35. The van der Waals surface area contributed by atoms with Crippen LogP contribution in [0.5, 0.6) is 5.88 Å². The number of benzene rings is 1. The maximum atomic E-state index is 5.65. The first-order valence-electron chi connectivity index (χ1n) is 5.75. The lowest BCUT2D eigenvalue weighted by molar-refractivity contribution is 0.398. The number of thiocarbonyl (C=S) groups is 1. The number of aromatic nitrogens is 1. The summed E-state index contributed by atoms with van der Waals surface area (Å²) in [6.07, 6.45) is 1.71. The zero-order valence-corrected chi connectivity index (χ0v) is 11.6. The first-order valence-corrected chi connectivity index (χ1v) is 6.16. The molecule has 2 rings (SSSR count). The van der Waals surface area contributed by atoms with Gasteiger partial charge in [-0.2, -0.15) is 0 Å². The molecule has 1 aromatic heterocycles. The normalized spacial score (nSPS) is 10.0. The van der Waals surface area contributed by atoms with Crippen molar-refractivity contribution in [2.75, 3.05) is 19.1 Å². The molecule has 0 atom stereocenters. The van der Waals surface area contributed by atoms with E-state index in [1.54, 1.807) is 13.3 Å². The third-order valence-electron chi connectivity index (χ3n) is 2.83. The number of ether oxygens (including phenoxy) is 1. The zero-order valence-electron chi connectivity index (χ0n) is 10.8. The van der Waals surface area contributed by atoms with Crippen LogP contribution in [-0.4, -0.2) is 24.1 Å². The third-order valence-corrected chi connectivity index (χ3v) is 3.07. The molecule has 19 heavy (non-hydrogen) atoms. The Bertz CT molecular complexity index is 601. The van der Waals surface area contributed by atoms with Gasteiger partial charge in [0, 0.05) is 36.2 Å². The third kappa shape index (κ3) is 3.00. The van der Waals surface area contributed by atoms with Crippen LogP contribution in [0, 0.1) is 0 Å². The van der Waals surface area contributed by atoms with Crippen LogP contribution in [0.4, 0.5) is 11.4 Å². The number of hydrogen-bond donors (Lipinski definition) is 1. The van der Waals surface area contributed by atoms with Gasteiger partial charge in [0.05, 0.1) is 7.11 Å². The van der Waals surface area contributed by atoms with Crippen LogP contribution < -0.4 is 15.4 Å². The summed E-state index contributed by atoms with van der Waals surface area (Å²) < 4.78 is 5.12. The van der Waals surface area contributed by atoms with Crippen molar-refractivity contribution < 1.29 is 4.74 Å². The Morgan fingerprint density at radius 2 is 2.00 bits per heavy atom. The average Bonchev–Trinajstić information content (AvgIpc) is 2.46. The van der Waals surface area contributed by atoms with E-state index in [2.05, 4.69) is 4.98 Å². The molecule has 5 heteroatoms. The predicted octanol–water partition coefficient (Wildman–Crippen LogP) is 2.49. The summed E-state index contributed by atoms with van der Waals surface area (Å²) in [6, 6.07) is 11.6. The van der Waals surface area contributed by atoms with Crippen LogP contribution in [0.15, 0.2) is 42.6 Å². The molecule has 98 valence electrons. The fourth-order valence-electron chi connectivity index (χ4n) is 1.74. The van der Waals surface area contributed by atoms with E-state index in [4.69, 9.17) is 22.7 Å². The van der Waals surface area contributed by atoms with Crippen molar-refractivity contribution in [2.24, 2.45) is 5.73 Å². The van der Waals surface area contributed by atoms with Gasteiger partial charge in [0.1, 0.15) is 4.99 Å². The van der Waals surface area contributed by atoms with Gasteiger partial charge in [0.25, 0.3) is 0 Å². The number of methoxy groups -OCH3 is 1. The van der Waals surface area contributed by atoms with Gasteiger partial charge in [-0.15, -0.1) is 0 Å². The minimum Gasteiger partial charge on any atom is -0.481 e. The van der Waals surface area contributed by atoms with Gasteiger partial charge in [-0.25, -0.2) is 4.98 Å². The Morgan fingerprint density at radius 1 is 1.26 bits per heavy atom. The molecule has 2 N–H and O–H groups in total. The second-order valence-electron chi connectivity index (χ2n) is 4.03. The van der Waals surface area contributed by atoms with E-state index in [0.717, 1.165) is 16.9 Å². The summed E-state index contributed by atoms with van der Waals surface area (Å²) >= 11 is 4.99. The molecule has 0 bridgehead atoms. The topological polar surface area (TPSA) is 51.4 Å². The van der Waals surface area contributed by atoms with Crippen molar-refractivity contribution in [3.8, 4) is 5.88 Å². The lowest BCUT2D eigenvalue weighted by Crippen LogP contribution is -2.13. The molecule has 4 nitrogen and oxygen atoms in total. The molecular formula is C14H15N3OS. The van der Waals surface area contributed by atoms with Crippen molar-refractivity contribution in [3.63, 3.8) is 0 Å². The highest BCUT2D eigenvalue weighted by atomic mass is 32.1. The van der Waals surface area contributed by atoms with Crippen LogP contribution in [-0.2, 0) is 0 Å². The van der Waals surface area contributed by atoms with E-state index in [-0.39, 0.29) is 0 Å². The number of nitrogens with zero attached hydrogens (tertiary/aromatic N) is 2. The summed E-state index contributed by atoms with van der Waals surface area (Å²) in [5, 5.41) is 0. The largest absolute Gasteiger partial charge is 0.481 e. The molecule has 1 heterocycles. The van der Waals surface area contributed by atoms with E-state index in [1.807, 2.05) is 48.3 Å². The van der Waals surface area contributed by atoms with Crippen molar-refractivity contribution in [3.05, 3.63) is 48.2 Å². The average molecular weight is 273 g/mol. The second kappa shape index (κ2) is 5.67. The fraction of sp³-hybridized carbons (Fsp3) is 0.143. The minimum absolute atomic E-state index is 0.391. The molecule has 0 fully saturated rings. The SMILES string of the molecule is COc1cc(N(C)c2cccc(C(N)=S)c2)ccn1. The number of anilines is 2. The Hall–Kier alpha value is -2.14. The molecule has 0 radical (unpaired) electrons. The first-order chi connectivity index (χ1) is 9.11. The Kier molecular flexibility index (Phi) is 3.97. The van der Waals surface area contributed by atoms with E-state index >= 15 is 0 Å². The minimum atomic E-state index is 0.391. The van der Waals surface area contributed by atoms with E-state index < -0.39 is 0 Å². The van der Waals surface area contributed by atoms with Gasteiger partial charge in [-0.05, 0) is 18.2 Å². The molecule has 0 saturated carbocycles. The quantitative estimate of drug-likeness (QED) is 0.867. The van der Waals surface area contributed by atoms with Crippen molar-refractivity contribution >= 4 is 28.6 Å². The molecule has 0 amide bonds. The molecule has 0 unspecified atom stereocenters. The number of hydrogen-bond acceptors (Lipinski definition) is 4. The monoisotopic (exact) mass is 273 g/mol.